The summed E-state index contributed by atoms with van der Waals surface area (Å²) in [5.74, 6) is -0.0786. The molecule has 0 spiro atoms. The lowest BCUT2D eigenvalue weighted by Gasteiger charge is -2.28. The quantitative estimate of drug-likeness (QED) is 0.835. The van der Waals surface area contributed by atoms with Crippen LogP contribution in [-0.2, 0) is 4.79 Å². The first-order valence-corrected chi connectivity index (χ1v) is 6.13. The van der Waals surface area contributed by atoms with Crippen LogP contribution in [-0.4, -0.2) is 12.5 Å². The molecule has 0 aliphatic heterocycles. The molecule has 0 unspecified atom stereocenters. The van der Waals surface area contributed by atoms with Crippen LogP contribution in [0.4, 0.5) is 5.69 Å². The highest BCUT2D eigenvalue weighted by Crippen LogP contribution is 2.27. The van der Waals surface area contributed by atoms with E-state index in [2.05, 4.69) is 5.32 Å². The van der Waals surface area contributed by atoms with Gasteiger partial charge >= 0.3 is 0 Å². The predicted octanol–water partition coefficient (Wildman–Crippen LogP) is 2.26. The molecule has 0 bridgehead atoms. The van der Waals surface area contributed by atoms with Crippen molar-refractivity contribution in [2.75, 3.05) is 11.9 Å². The molecule has 18 heavy (non-hydrogen) atoms. The number of rotatable bonds is 5. The topological polar surface area (TPSA) is 78.9 Å². The second-order valence-corrected chi connectivity index (χ2v) is 4.34. The van der Waals surface area contributed by atoms with Gasteiger partial charge in [-0.1, -0.05) is 19.9 Å². The van der Waals surface area contributed by atoms with E-state index >= 15 is 0 Å². The van der Waals surface area contributed by atoms with Gasteiger partial charge in [-0.05, 0) is 31.0 Å². The molecule has 0 aromatic heterocycles. The minimum atomic E-state index is -0.525. The normalized spacial score (nSPS) is 10.8. The summed E-state index contributed by atoms with van der Waals surface area (Å²) in [6, 6.07) is 8.92. The van der Waals surface area contributed by atoms with Gasteiger partial charge in [-0.3, -0.25) is 4.79 Å². The lowest BCUT2D eigenvalue weighted by molar-refractivity contribution is -0.125. The zero-order chi connectivity index (χ0) is 13.6. The molecule has 4 heteroatoms. The van der Waals surface area contributed by atoms with Gasteiger partial charge in [0.25, 0.3) is 0 Å². The molecule has 1 aromatic carbocycles. The number of carbonyl (C=O) groups is 1. The van der Waals surface area contributed by atoms with E-state index < -0.39 is 5.41 Å². The maximum Gasteiger partial charge on any atom is 0.231 e. The molecule has 0 atom stereocenters. The van der Waals surface area contributed by atoms with Crippen LogP contribution in [0.15, 0.2) is 24.3 Å². The number of nitrogens with zero attached hydrogens (tertiary/aromatic N) is 1. The van der Waals surface area contributed by atoms with Gasteiger partial charge in [-0.25, -0.2) is 0 Å². The Morgan fingerprint density at radius 2 is 2.11 bits per heavy atom. The summed E-state index contributed by atoms with van der Waals surface area (Å²) in [6.07, 6.45) is 1.40. The summed E-state index contributed by atoms with van der Waals surface area (Å²) in [5.41, 5.74) is 6.37. The van der Waals surface area contributed by atoms with E-state index in [1.165, 1.54) is 0 Å². The molecule has 3 N–H and O–H groups in total. The molecular formula is C14H19N3O. The van der Waals surface area contributed by atoms with Crippen LogP contribution < -0.4 is 11.1 Å². The molecule has 4 nitrogen and oxygen atoms in total. The summed E-state index contributed by atoms with van der Waals surface area (Å²) in [5, 5.41) is 11.7. The van der Waals surface area contributed by atoms with Crippen LogP contribution in [0, 0.1) is 16.7 Å². The van der Waals surface area contributed by atoms with E-state index in [-0.39, 0.29) is 5.91 Å². The summed E-state index contributed by atoms with van der Waals surface area (Å²) in [6.45, 7) is 4.24. The SMILES string of the molecule is CCC(CC)(CN)C(=O)Nc1cccc(C#N)c1. The third-order valence-electron chi connectivity index (χ3n) is 3.48. The molecule has 0 heterocycles. The predicted molar refractivity (Wildman–Crippen MR) is 71.9 cm³/mol. The number of nitriles is 1. The highest BCUT2D eigenvalue weighted by molar-refractivity contribution is 5.95. The Morgan fingerprint density at radius 3 is 2.61 bits per heavy atom. The van der Waals surface area contributed by atoms with Crippen molar-refractivity contribution >= 4 is 11.6 Å². The third kappa shape index (κ3) is 2.88. The first kappa shape index (κ1) is 14.2. The minimum Gasteiger partial charge on any atom is -0.329 e. The van der Waals surface area contributed by atoms with E-state index in [1.54, 1.807) is 24.3 Å². The molecule has 1 rings (SSSR count). The maximum absolute atomic E-state index is 12.3. The summed E-state index contributed by atoms with van der Waals surface area (Å²) in [4.78, 5) is 12.3. The number of amides is 1. The number of carbonyl (C=O) groups excluding carboxylic acids is 1. The van der Waals surface area contributed by atoms with Crippen molar-refractivity contribution in [2.45, 2.75) is 26.7 Å². The number of anilines is 1. The van der Waals surface area contributed by atoms with E-state index in [0.717, 1.165) is 0 Å². The molecule has 0 aliphatic rings. The summed E-state index contributed by atoms with van der Waals surface area (Å²) < 4.78 is 0. The zero-order valence-electron chi connectivity index (χ0n) is 10.9. The molecule has 0 radical (unpaired) electrons. The molecule has 1 aromatic rings. The molecule has 1 amide bonds. The molecular weight excluding hydrogens is 226 g/mol. The Balaban J connectivity index is 2.90. The fraction of sp³-hybridized carbons (Fsp3) is 0.429. The first-order chi connectivity index (χ1) is 8.61. The van der Waals surface area contributed by atoms with Gasteiger partial charge in [-0.2, -0.15) is 5.26 Å². The van der Waals surface area contributed by atoms with Gasteiger partial charge < -0.3 is 11.1 Å². The van der Waals surface area contributed by atoms with Gasteiger partial charge in [-0.15, -0.1) is 0 Å². The number of benzene rings is 1. The lowest BCUT2D eigenvalue weighted by atomic mass is 9.81. The van der Waals surface area contributed by atoms with Crippen molar-refractivity contribution in [1.29, 1.82) is 5.26 Å². The van der Waals surface area contributed by atoms with Crippen molar-refractivity contribution in [3.63, 3.8) is 0 Å². The monoisotopic (exact) mass is 245 g/mol. The van der Waals surface area contributed by atoms with Crippen LogP contribution in [0.2, 0.25) is 0 Å². The average molecular weight is 245 g/mol. The molecule has 96 valence electrons. The van der Waals surface area contributed by atoms with Gasteiger partial charge in [0.1, 0.15) is 0 Å². The number of hydrogen-bond acceptors (Lipinski definition) is 3. The Labute approximate surface area is 108 Å². The number of nitrogens with two attached hydrogens (primary N) is 1. The van der Waals surface area contributed by atoms with Crippen molar-refractivity contribution < 1.29 is 4.79 Å². The minimum absolute atomic E-state index is 0.0786. The fourth-order valence-electron chi connectivity index (χ4n) is 1.88. The Bertz CT molecular complexity index is 450. The largest absolute Gasteiger partial charge is 0.329 e. The Kier molecular flexibility index (Phi) is 4.87. The highest BCUT2D eigenvalue weighted by Gasteiger charge is 2.33. The van der Waals surface area contributed by atoms with Crippen molar-refractivity contribution in [3.8, 4) is 6.07 Å². The Hall–Kier alpha value is -1.86. The van der Waals surface area contributed by atoms with E-state index in [4.69, 9.17) is 11.0 Å². The van der Waals surface area contributed by atoms with Crippen molar-refractivity contribution in [1.82, 2.24) is 0 Å². The second kappa shape index (κ2) is 6.18. The van der Waals surface area contributed by atoms with E-state index in [1.807, 2.05) is 19.9 Å². The smallest absolute Gasteiger partial charge is 0.231 e. The van der Waals surface area contributed by atoms with Gasteiger partial charge in [0, 0.05) is 12.2 Å². The molecule has 0 saturated heterocycles. The van der Waals surface area contributed by atoms with Gasteiger partial charge in [0.15, 0.2) is 0 Å². The molecule has 0 fully saturated rings. The fourth-order valence-corrected chi connectivity index (χ4v) is 1.88. The third-order valence-corrected chi connectivity index (χ3v) is 3.48. The second-order valence-electron chi connectivity index (χ2n) is 4.34. The van der Waals surface area contributed by atoms with Crippen LogP contribution in [0.25, 0.3) is 0 Å². The highest BCUT2D eigenvalue weighted by atomic mass is 16.2. The Morgan fingerprint density at radius 1 is 1.44 bits per heavy atom. The van der Waals surface area contributed by atoms with Crippen LogP contribution in [0.3, 0.4) is 0 Å². The molecule has 0 saturated carbocycles. The number of nitrogens with one attached hydrogen (secondary N) is 1. The van der Waals surface area contributed by atoms with Gasteiger partial charge in [0.2, 0.25) is 5.91 Å². The van der Waals surface area contributed by atoms with E-state index in [0.29, 0.717) is 30.6 Å². The van der Waals surface area contributed by atoms with Crippen molar-refractivity contribution in [2.24, 2.45) is 11.1 Å². The standard InChI is InChI=1S/C14H19N3O/c1-3-14(4-2,10-16)13(18)17-12-7-5-6-11(8-12)9-15/h5-8H,3-4,10,16H2,1-2H3,(H,17,18). The molecule has 0 aliphatic carbocycles. The van der Waals surface area contributed by atoms with Crippen molar-refractivity contribution in [3.05, 3.63) is 29.8 Å². The first-order valence-electron chi connectivity index (χ1n) is 6.13. The number of hydrogen-bond donors (Lipinski definition) is 2. The van der Waals surface area contributed by atoms with Crippen LogP contribution >= 0.6 is 0 Å². The summed E-state index contributed by atoms with van der Waals surface area (Å²) >= 11 is 0. The van der Waals surface area contributed by atoms with Crippen LogP contribution in [0.1, 0.15) is 32.3 Å². The lowest BCUT2D eigenvalue weighted by Crippen LogP contribution is -2.41. The summed E-state index contributed by atoms with van der Waals surface area (Å²) in [7, 11) is 0. The zero-order valence-corrected chi connectivity index (χ0v) is 10.9. The average Bonchev–Trinajstić information content (AvgIpc) is 2.41. The van der Waals surface area contributed by atoms with Gasteiger partial charge in [0.05, 0.1) is 17.0 Å². The maximum atomic E-state index is 12.3. The van der Waals surface area contributed by atoms with E-state index in [9.17, 15) is 4.79 Å². The van der Waals surface area contributed by atoms with Crippen LogP contribution in [0.5, 0.6) is 0 Å².